The van der Waals surface area contributed by atoms with Gasteiger partial charge in [0.2, 0.25) is 0 Å². The number of halogens is 1. The minimum atomic E-state index is -0.278. The molecule has 2 aromatic carbocycles. The first-order valence-corrected chi connectivity index (χ1v) is 5.51. The van der Waals surface area contributed by atoms with Crippen molar-refractivity contribution in [2.75, 3.05) is 5.73 Å². The number of benzene rings is 2. The topological polar surface area (TPSA) is 51.8 Å². The monoisotopic (exact) mass is 239 g/mol. The Bertz CT molecular complexity index is 720. The number of hydrogen-bond donors (Lipinski definition) is 1. The molecule has 0 aliphatic carbocycles. The predicted octanol–water partition coefficient (Wildman–Crippen LogP) is 3.02. The van der Waals surface area contributed by atoms with E-state index in [1.807, 2.05) is 24.3 Å². The number of nitrogens with zero attached hydrogens (tertiary/aromatic N) is 2. The summed E-state index contributed by atoms with van der Waals surface area (Å²) in [6.07, 6.45) is 1.42. The van der Waals surface area contributed by atoms with Gasteiger partial charge in [-0.25, -0.2) is 14.4 Å². The average molecular weight is 239 g/mol. The van der Waals surface area contributed by atoms with Crippen molar-refractivity contribution in [2.24, 2.45) is 0 Å². The van der Waals surface area contributed by atoms with Crippen LogP contribution in [-0.2, 0) is 0 Å². The molecular weight excluding hydrogens is 229 g/mol. The summed E-state index contributed by atoms with van der Waals surface area (Å²) in [5.74, 6) is 0.125. The van der Waals surface area contributed by atoms with E-state index in [0.29, 0.717) is 5.82 Å². The third-order valence-corrected chi connectivity index (χ3v) is 2.83. The van der Waals surface area contributed by atoms with Crippen molar-refractivity contribution in [3.05, 3.63) is 54.6 Å². The first-order valence-electron chi connectivity index (χ1n) is 5.51. The molecule has 1 heterocycles. The van der Waals surface area contributed by atoms with E-state index >= 15 is 0 Å². The summed E-state index contributed by atoms with van der Waals surface area (Å²) in [6.45, 7) is 0. The molecule has 0 unspecified atom stereocenters. The highest BCUT2D eigenvalue weighted by Crippen LogP contribution is 2.30. The molecule has 0 saturated heterocycles. The quantitative estimate of drug-likeness (QED) is 0.710. The van der Waals surface area contributed by atoms with E-state index in [1.54, 1.807) is 6.07 Å². The van der Waals surface area contributed by atoms with Crippen LogP contribution in [0.3, 0.4) is 0 Å². The van der Waals surface area contributed by atoms with Gasteiger partial charge in [0.1, 0.15) is 18.0 Å². The van der Waals surface area contributed by atoms with Gasteiger partial charge in [-0.15, -0.1) is 0 Å². The average Bonchev–Trinajstić information content (AvgIpc) is 2.38. The largest absolute Gasteiger partial charge is 0.383 e. The van der Waals surface area contributed by atoms with Gasteiger partial charge in [0.15, 0.2) is 0 Å². The Balaban J connectivity index is 2.36. The highest BCUT2D eigenvalue weighted by molar-refractivity contribution is 6.00. The van der Waals surface area contributed by atoms with Crippen LogP contribution in [0.5, 0.6) is 0 Å². The standard InChI is InChI=1S/C14H10FN3/c15-10-4-1-3-9(7-10)11-5-2-6-12-13(11)14(16)18-8-17-12/h1-8H,(H2,16,17,18). The van der Waals surface area contributed by atoms with Gasteiger partial charge >= 0.3 is 0 Å². The number of fused-ring (bicyclic) bond motifs is 1. The Morgan fingerprint density at radius 3 is 2.67 bits per heavy atom. The van der Waals surface area contributed by atoms with Crippen LogP contribution in [0.4, 0.5) is 10.2 Å². The first kappa shape index (κ1) is 10.7. The molecule has 1 aromatic heterocycles. The third kappa shape index (κ3) is 1.68. The molecule has 0 fully saturated rings. The lowest BCUT2D eigenvalue weighted by Crippen LogP contribution is -1.95. The van der Waals surface area contributed by atoms with E-state index in [0.717, 1.165) is 22.0 Å². The Kier molecular flexibility index (Phi) is 2.41. The van der Waals surface area contributed by atoms with E-state index in [1.165, 1.54) is 18.5 Å². The number of rotatable bonds is 1. The van der Waals surface area contributed by atoms with Gasteiger partial charge in [-0.3, -0.25) is 0 Å². The molecule has 2 N–H and O–H groups in total. The van der Waals surface area contributed by atoms with Gasteiger partial charge in [0.05, 0.1) is 10.9 Å². The molecule has 0 spiro atoms. The van der Waals surface area contributed by atoms with Crippen molar-refractivity contribution in [1.29, 1.82) is 0 Å². The zero-order chi connectivity index (χ0) is 12.5. The highest BCUT2D eigenvalue weighted by atomic mass is 19.1. The Morgan fingerprint density at radius 1 is 1.00 bits per heavy atom. The summed E-state index contributed by atoms with van der Waals surface area (Å²) in [5, 5.41) is 0.755. The molecule has 0 radical (unpaired) electrons. The summed E-state index contributed by atoms with van der Waals surface area (Å²) in [5.41, 5.74) is 8.25. The van der Waals surface area contributed by atoms with Gasteiger partial charge in [0, 0.05) is 0 Å². The summed E-state index contributed by atoms with van der Waals surface area (Å²) in [6, 6.07) is 12.0. The van der Waals surface area contributed by atoms with Gasteiger partial charge in [-0.2, -0.15) is 0 Å². The van der Waals surface area contributed by atoms with E-state index in [-0.39, 0.29) is 5.82 Å². The number of hydrogen-bond acceptors (Lipinski definition) is 3. The zero-order valence-corrected chi connectivity index (χ0v) is 9.47. The van der Waals surface area contributed by atoms with Crippen molar-refractivity contribution in [3.8, 4) is 11.1 Å². The van der Waals surface area contributed by atoms with Crippen LogP contribution in [0, 0.1) is 5.82 Å². The lowest BCUT2D eigenvalue weighted by Gasteiger charge is -2.07. The van der Waals surface area contributed by atoms with Crippen LogP contribution in [0.1, 0.15) is 0 Å². The Morgan fingerprint density at radius 2 is 1.83 bits per heavy atom. The molecule has 18 heavy (non-hydrogen) atoms. The van der Waals surface area contributed by atoms with Gasteiger partial charge in [-0.1, -0.05) is 24.3 Å². The molecule has 88 valence electrons. The molecule has 3 aromatic rings. The first-order chi connectivity index (χ1) is 8.75. The second kappa shape index (κ2) is 4.07. The van der Waals surface area contributed by atoms with Crippen LogP contribution in [0.25, 0.3) is 22.0 Å². The lowest BCUT2D eigenvalue weighted by molar-refractivity contribution is 0.628. The van der Waals surface area contributed by atoms with Crippen molar-refractivity contribution in [1.82, 2.24) is 9.97 Å². The van der Waals surface area contributed by atoms with Crippen LogP contribution < -0.4 is 5.73 Å². The normalized spacial score (nSPS) is 10.7. The summed E-state index contributed by atoms with van der Waals surface area (Å²) >= 11 is 0. The molecule has 0 saturated carbocycles. The van der Waals surface area contributed by atoms with Crippen LogP contribution >= 0.6 is 0 Å². The summed E-state index contributed by atoms with van der Waals surface area (Å²) in [4.78, 5) is 8.15. The minimum Gasteiger partial charge on any atom is -0.383 e. The van der Waals surface area contributed by atoms with Crippen molar-refractivity contribution >= 4 is 16.7 Å². The maximum atomic E-state index is 13.3. The van der Waals surface area contributed by atoms with Crippen molar-refractivity contribution in [3.63, 3.8) is 0 Å². The predicted molar refractivity (Wildman–Crippen MR) is 69.3 cm³/mol. The summed E-state index contributed by atoms with van der Waals surface area (Å²) in [7, 11) is 0. The fourth-order valence-electron chi connectivity index (χ4n) is 2.03. The molecule has 3 nitrogen and oxygen atoms in total. The fourth-order valence-corrected chi connectivity index (χ4v) is 2.03. The molecule has 0 amide bonds. The second-order valence-corrected chi connectivity index (χ2v) is 3.97. The van der Waals surface area contributed by atoms with Crippen molar-refractivity contribution < 1.29 is 4.39 Å². The second-order valence-electron chi connectivity index (χ2n) is 3.97. The molecular formula is C14H10FN3. The van der Waals surface area contributed by atoms with Crippen LogP contribution in [0.2, 0.25) is 0 Å². The van der Waals surface area contributed by atoms with Gasteiger partial charge < -0.3 is 5.73 Å². The zero-order valence-electron chi connectivity index (χ0n) is 9.47. The summed E-state index contributed by atoms with van der Waals surface area (Å²) < 4.78 is 13.3. The number of aromatic nitrogens is 2. The molecule has 4 heteroatoms. The maximum absolute atomic E-state index is 13.3. The van der Waals surface area contributed by atoms with Crippen LogP contribution in [0.15, 0.2) is 48.8 Å². The molecule has 0 aliphatic heterocycles. The molecule has 3 rings (SSSR count). The molecule has 0 aliphatic rings. The minimum absolute atomic E-state index is 0.278. The number of anilines is 1. The SMILES string of the molecule is Nc1ncnc2cccc(-c3cccc(F)c3)c12. The molecule has 0 atom stereocenters. The Hall–Kier alpha value is -2.49. The third-order valence-electron chi connectivity index (χ3n) is 2.83. The van der Waals surface area contributed by atoms with Crippen LogP contribution in [-0.4, -0.2) is 9.97 Å². The van der Waals surface area contributed by atoms with E-state index in [2.05, 4.69) is 9.97 Å². The van der Waals surface area contributed by atoms with Crippen molar-refractivity contribution in [2.45, 2.75) is 0 Å². The van der Waals surface area contributed by atoms with Gasteiger partial charge in [-0.05, 0) is 29.3 Å². The number of nitrogen functional groups attached to an aromatic ring is 1. The Labute approximate surface area is 103 Å². The van der Waals surface area contributed by atoms with Gasteiger partial charge in [0.25, 0.3) is 0 Å². The van der Waals surface area contributed by atoms with E-state index in [4.69, 9.17) is 5.73 Å². The van der Waals surface area contributed by atoms with E-state index in [9.17, 15) is 4.39 Å². The highest BCUT2D eigenvalue weighted by Gasteiger charge is 2.08. The molecule has 0 bridgehead atoms. The lowest BCUT2D eigenvalue weighted by atomic mass is 10.0. The fraction of sp³-hybridized carbons (Fsp3) is 0. The maximum Gasteiger partial charge on any atom is 0.135 e. The van der Waals surface area contributed by atoms with E-state index < -0.39 is 0 Å². The number of nitrogens with two attached hydrogens (primary N) is 1. The smallest absolute Gasteiger partial charge is 0.135 e.